The van der Waals surface area contributed by atoms with Crippen molar-refractivity contribution in [1.82, 2.24) is 0 Å². The minimum absolute atomic E-state index is 0.362. The molecule has 0 aromatic rings. The van der Waals surface area contributed by atoms with Gasteiger partial charge in [-0.15, -0.1) is 0 Å². The van der Waals surface area contributed by atoms with Gasteiger partial charge in [0.2, 0.25) is 0 Å². The molecule has 0 spiro atoms. The van der Waals surface area contributed by atoms with Gasteiger partial charge in [-0.05, 0) is 6.42 Å². The summed E-state index contributed by atoms with van der Waals surface area (Å²) in [6, 6.07) is 1.89. The van der Waals surface area contributed by atoms with Gasteiger partial charge in [0.25, 0.3) is 5.92 Å². The van der Waals surface area contributed by atoms with Gasteiger partial charge in [0.05, 0.1) is 12.0 Å². The largest absolute Gasteiger partial charge is 0.256 e. The Labute approximate surface area is 71.4 Å². The maximum absolute atomic E-state index is 13.4. The summed E-state index contributed by atoms with van der Waals surface area (Å²) in [6.07, 6.45) is 0.362. The van der Waals surface area contributed by atoms with Crippen molar-refractivity contribution in [2.45, 2.75) is 33.1 Å². The third kappa shape index (κ3) is 1.31. The Hall–Kier alpha value is -0.650. The first-order valence-electron chi connectivity index (χ1n) is 4.08. The molecule has 1 nitrogen and oxygen atoms in total. The maximum Gasteiger partial charge on any atom is 0.256 e. The van der Waals surface area contributed by atoms with Crippen molar-refractivity contribution in [3.05, 3.63) is 0 Å². The van der Waals surface area contributed by atoms with E-state index >= 15 is 0 Å². The minimum Gasteiger partial charge on any atom is -0.206 e. The van der Waals surface area contributed by atoms with Gasteiger partial charge >= 0.3 is 0 Å². The molecule has 0 N–H and O–H groups in total. The zero-order chi connectivity index (χ0) is 9.57. The van der Waals surface area contributed by atoms with Gasteiger partial charge in [-0.25, -0.2) is 8.78 Å². The maximum atomic E-state index is 13.4. The highest BCUT2D eigenvalue weighted by atomic mass is 19.3. The smallest absolute Gasteiger partial charge is 0.206 e. The lowest BCUT2D eigenvalue weighted by Gasteiger charge is -2.30. The Morgan fingerprint density at radius 2 is 1.83 bits per heavy atom. The van der Waals surface area contributed by atoms with Crippen LogP contribution in [0.25, 0.3) is 0 Å². The van der Waals surface area contributed by atoms with E-state index in [0.29, 0.717) is 6.42 Å². The normalized spacial score (nSPS) is 29.7. The molecule has 3 heteroatoms. The molecule has 0 heterocycles. The molecule has 0 amide bonds. The Morgan fingerprint density at radius 1 is 1.33 bits per heavy atom. The second-order valence-corrected chi connectivity index (χ2v) is 4.45. The first kappa shape index (κ1) is 9.44. The fourth-order valence-electron chi connectivity index (χ4n) is 1.29. The van der Waals surface area contributed by atoms with Crippen molar-refractivity contribution in [2.24, 2.45) is 17.3 Å². The summed E-state index contributed by atoms with van der Waals surface area (Å²) in [5, 5.41) is 8.42. The second kappa shape index (κ2) is 2.42. The van der Waals surface area contributed by atoms with Crippen molar-refractivity contribution in [3.63, 3.8) is 0 Å². The molecule has 1 unspecified atom stereocenters. The number of halogens is 2. The summed E-state index contributed by atoms with van der Waals surface area (Å²) >= 11 is 0. The van der Waals surface area contributed by atoms with E-state index in [9.17, 15) is 8.78 Å². The highest BCUT2D eigenvalue weighted by molar-refractivity contribution is 5.09. The van der Waals surface area contributed by atoms with Crippen LogP contribution < -0.4 is 0 Å². The van der Waals surface area contributed by atoms with Crippen LogP contribution in [0.2, 0.25) is 0 Å². The third-order valence-electron chi connectivity index (χ3n) is 2.42. The Kier molecular flexibility index (Phi) is 1.90. The van der Waals surface area contributed by atoms with Crippen LogP contribution in [0.15, 0.2) is 0 Å². The van der Waals surface area contributed by atoms with Crippen molar-refractivity contribution in [2.75, 3.05) is 0 Å². The quantitative estimate of drug-likeness (QED) is 0.598. The molecule has 0 bridgehead atoms. The Bertz CT molecular complexity index is 222. The van der Waals surface area contributed by atoms with Crippen molar-refractivity contribution >= 4 is 0 Å². The monoisotopic (exact) mass is 173 g/mol. The van der Waals surface area contributed by atoms with Crippen LogP contribution in [-0.4, -0.2) is 5.92 Å². The topological polar surface area (TPSA) is 23.8 Å². The van der Waals surface area contributed by atoms with Crippen LogP contribution in [0.1, 0.15) is 27.2 Å². The van der Waals surface area contributed by atoms with E-state index in [1.807, 2.05) is 6.07 Å². The number of alkyl halides is 2. The SMILES string of the molecule is CC(C)(C)C(F)(F)C1C[C@@H]1C#N. The van der Waals surface area contributed by atoms with Crippen LogP contribution in [-0.2, 0) is 0 Å². The van der Waals surface area contributed by atoms with E-state index in [1.165, 1.54) is 20.8 Å². The summed E-state index contributed by atoms with van der Waals surface area (Å²) in [5.74, 6) is -3.82. The van der Waals surface area contributed by atoms with E-state index < -0.39 is 23.2 Å². The number of nitriles is 1. The Balaban J connectivity index is 2.70. The summed E-state index contributed by atoms with van der Waals surface area (Å²) in [7, 11) is 0. The van der Waals surface area contributed by atoms with Gasteiger partial charge < -0.3 is 0 Å². The standard InChI is InChI=1S/C9H13F2N/c1-8(2,3)9(10,11)7-4-6(7)5-12/h6-7H,4H2,1-3H3/t6-,7?/m1/s1. The molecule has 0 aromatic heterocycles. The molecule has 1 saturated carbocycles. The lowest BCUT2D eigenvalue weighted by atomic mass is 9.84. The van der Waals surface area contributed by atoms with Crippen LogP contribution in [0.5, 0.6) is 0 Å². The van der Waals surface area contributed by atoms with Gasteiger partial charge in [0.1, 0.15) is 0 Å². The van der Waals surface area contributed by atoms with Gasteiger partial charge in [-0.1, -0.05) is 20.8 Å². The van der Waals surface area contributed by atoms with Crippen LogP contribution >= 0.6 is 0 Å². The first-order chi connectivity index (χ1) is 5.30. The molecule has 12 heavy (non-hydrogen) atoms. The number of rotatable bonds is 1. The molecule has 1 rings (SSSR count). The molecule has 0 aliphatic heterocycles. The van der Waals surface area contributed by atoms with Crippen molar-refractivity contribution < 1.29 is 8.78 Å². The highest BCUT2D eigenvalue weighted by Gasteiger charge is 2.60. The van der Waals surface area contributed by atoms with Gasteiger partial charge in [0, 0.05) is 11.3 Å². The molecule has 1 fully saturated rings. The summed E-state index contributed by atoms with van der Waals surface area (Å²) in [4.78, 5) is 0. The van der Waals surface area contributed by atoms with E-state index in [2.05, 4.69) is 0 Å². The van der Waals surface area contributed by atoms with E-state index in [1.54, 1.807) is 0 Å². The predicted octanol–water partition coefficient (Wildman–Crippen LogP) is 2.83. The zero-order valence-corrected chi connectivity index (χ0v) is 7.56. The van der Waals surface area contributed by atoms with Gasteiger partial charge in [-0.2, -0.15) is 5.26 Å². The number of nitrogens with zero attached hydrogens (tertiary/aromatic N) is 1. The average Bonchev–Trinajstić information content (AvgIpc) is 2.62. The summed E-state index contributed by atoms with van der Waals surface area (Å²) < 4.78 is 26.8. The second-order valence-electron chi connectivity index (χ2n) is 4.45. The molecular formula is C9H13F2N. The van der Waals surface area contributed by atoms with Crippen LogP contribution in [0.3, 0.4) is 0 Å². The molecule has 1 aliphatic rings. The highest BCUT2D eigenvalue weighted by Crippen LogP contribution is 2.55. The van der Waals surface area contributed by atoms with E-state index in [-0.39, 0.29) is 0 Å². The molecular weight excluding hydrogens is 160 g/mol. The lowest BCUT2D eigenvalue weighted by Crippen LogP contribution is -2.36. The number of hydrogen-bond donors (Lipinski definition) is 0. The van der Waals surface area contributed by atoms with Crippen LogP contribution in [0, 0.1) is 28.6 Å². The van der Waals surface area contributed by atoms with Gasteiger partial charge in [-0.3, -0.25) is 0 Å². The van der Waals surface area contributed by atoms with Crippen LogP contribution in [0.4, 0.5) is 8.78 Å². The number of hydrogen-bond acceptors (Lipinski definition) is 1. The molecule has 0 saturated heterocycles. The fourth-order valence-corrected chi connectivity index (χ4v) is 1.29. The van der Waals surface area contributed by atoms with Crippen molar-refractivity contribution in [3.8, 4) is 6.07 Å². The molecule has 1 aliphatic carbocycles. The third-order valence-corrected chi connectivity index (χ3v) is 2.42. The lowest BCUT2D eigenvalue weighted by molar-refractivity contribution is -0.117. The summed E-state index contributed by atoms with van der Waals surface area (Å²) in [6.45, 7) is 4.54. The fraction of sp³-hybridized carbons (Fsp3) is 0.889. The molecule has 2 atom stereocenters. The molecule has 0 aromatic carbocycles. The average molecular weight is 173 g/mol. The van der Waals surface area contributed by atoms with Crippen molar-refractivity contribution in [1.29, 1.82) is 5.26 Å². The van der Waals surface area contributed by atoms with Gasteiger partial charge in [0.15, 0.2) is 0 Å². The summed E-state index contributed by atoms with van der Waals surface area (Å²) in [5.41, 5.74) is -1.02. The molecule has 68 valence electrons. The zero-order valence-electron chi connectivity index (χ0n) is 7.56. The Morgan fingerprint density at radius 3 is 2.08 bits per heavy atom. The van der Waals surface area contributed by atoms with E-state index in [0.717, 1.165) is 0 Å². The minimum atomic E-state index is -2.70. The first-order valence-corrected chi connectivity index (χ1v) is 4.08. The van der Waals surface area contributed by atoms with E-state index in [4.69, 9.17) is 5.26 Å². The predicted molar refractivity (Wildman–Crippen MR) is 41.6 cm³/mol. The molecule has 0 radical (unpaired) electrons.